The molecule has 9 heteroatoms. The minimum Gasteiger partial charge on any atom is -0.367 e. The smallest absolute Gasteiger partial charge is 0.257 e. The number of pyridine rings is 1. The fraction of sp³-hybridized carbons (Fsp3) is 0.208. The van der Waals surface area contributed by atoms with Gasteiger partial charge in [-0.1, -0.05) is 6.07 Å². The Balaban J connectivity index is 1.49. The molecule has 3 aromatic heterocycles. The van der Waals surface area contributed by atoms with Gasteiger partial charge in [-0.2, -0.15) is 0 Å². The van der Waals surface area contributed by atoms with Gasteiger partial charge in [0.25, 0.3) is 5.91 Å². The Kier molecular flexibility index (Phi) is 5.43. The fourth-order valence-electron chi connectivity index (χ4n) is 3.44. The normalized spacial score (nSPS) is 12.9. The van der Waals surface area contributed by atoms with Gasteiger partial charge in [0.15, 0.2) is 0 Å². The summed E-state index contributed by atoms with van der Waals surface area (Å²) in [6.45, 7) is 3.89. The maximum atomic E-state index is 12.7. The quantitative estimate of drug-likeness (QED) is 0.388. The Bertz CT molecular complexity index is 1270. The number of nitrogens with one attached hydrogen (secondary N) is 3. The van der Waals surface area contributed by atoms with Crippen molar-refractivity contribution in [3.8, 4) is 0 Å². The summed E-state index contributed by atoms with van der Waals surface area (Å²) in [5, 5.41) is 6.37. The van der Waals surface area contributed by atoms with Crippen molar-refractivity contribution in [3.63, 3.8) is 0 Å². The number of amides is 1. The number of aromatic nitrogens is 5. The summed E-state index contributed by atoms with van der Waals surface area (Å²) >= 11 is 0. The molecule has 0 spiro atoms. The van der Waals surface area contributed by atoms with Crippen molar-refractivity contribution in [2.24, 2.45) is 0 Å². The SMILES string of the molecule is Cc1ccc(C(=O)Nc2ccc(C)c(N(c3cc(NC4CC4)ncn3)c3ncc[nH]3)c2)cn1. The molecule has 0 saturated heterocycles. The summed E-state index contributed by atoms with van der Waals surface area (Å²) in [6, 6.07) is 11.7. The summed E-state index contributed by atoms with van der Waals surface area (Å²) < 4.78 is 0. The number of rotatable bonds is 7. The van der Waals surface area contributed by atoms with Gasteiger partial charge in [0.1, 0.15) is 18.0 Å². The van der Waals surface area contributed by atoms with Crippen LogP contribution in [0.5, 0.6) is 0 Å². The van der Waals surface area contributed by atoms with Crippen molar-refractivity contribution in [1.29, 1.82) is 0 Å². The second-order valence-electron chi connectivity index (χ2n) is 8.07. The van der Waals surface area contributed by atoms with Gasteiger partial charge >= 0.3 is 0 Å². The zero-order valence-corrected chi connectivity index (χ0v) is 18.4. The molecule has 0 unspecified atom stereocenters. The average Bonchev–Trinajstić information content (AvgIpc) is 3.46. The van der Waals surface area contributed by atoms with Gasteiger partial charge in [-0.05, 0) is 56.5 Å². The van der Waals surface area contributed by atoms with Gasteiger partial charge in [0.05, 0.1) is 11.3 Å². The lowest BCUT2D eigenvalue weighted by molar-refractivity contribution is 0.102. The van der Waals surface area contributed by atoms with Crippen LogP contribution in [0.4, 0.5) is 29.0 Å². The van der Waals surface area contributed by atoms with Crippen molar-refractivity contribution in [3.05, 3.63) is 78.1 Å². The molecule has 5 rings (SSSR count). The monoisotopic (exact) mass is 440 g/mol. The maximum absolute atomic E-state index is 12.7. The average molecular weight is 441 g/mol. The molecule has 1 fully saturated rings. The standard InChI is InChI=1S/C24H24N8O/c1-15-3-6-19(31-23(33)17-5-4-16(2)27-13-17)11-20(15)32(24-25-9-10-26-24)22-12-21(28-14-29-22)30-18-7-8-18/h3-6,9-14,18H,7-8H2,1-2H3,(H,25,26)(H,31,33)(H,28,29,30). The molecule has 0 atom stereocenters. The number of hydrogen-bond donors (Lipinski definition) is 3. The predicted octanol–water partition coefficient (Wildman–Crippen LogP) is 4.51. The number of aryl methyl sites for hydroxylation is 2. The van der Waals surface area contributed by atoms with Crippen LogP contribution in [-0.4, -0.2) is 36.9 Å². The highest BCUT2D eigenvalue weighted by Gasteiger charge is 2.23. The van der Waals surface area contributed by atoms with E-state index in [0.29, 0.717) is 29.1 Å². The van der Waals surface area contributed by atoms with E-state index in [1.807, 2.05) is 49.1 Å². The molecule has 4 aromatic rings. The second-order valence-corrected chi connectivity index (χ2v) is 8.07. The van der Waals surface area contributed by atoms with Crippen molar-refractivity contribution in [2.45, 2.75) is 32.7 Å². The van der Waals surface area contributed by atoms with Crippen LogP contribution in [0.1, 0.15) is 34.5 Å². The molecule has 1 aliphatic carbocycles. The number of aromatic amines is 1. The maximum Gasteiger partial charge on any atom is 0.257 e. The fourth-order valence-corrected chi connectivity index (χ4v) is 3.44. The Labute approximate surface area is 191 Å². The van der Waals surface area contributed by atoms with Crippen LogP contribution in [0.3, 0.4) is 0 Å². The molecule has 166 valence electrons. The predicted molar refractivity (Wildman–Crippen MR) is 127 cm³/mol. The third kappa shape index (κ3) is 4.67. The van der Waals surface area contributed by atoms with Crippen molar-refractivity contribution >= 4 is 34.9 Å². The number of imidazole rings is 1. The highest BCUT2D eigenvalue weighted by Crippen LogP contribution is 2.36. The molecule has 33 heavy (non-hydrogen) atoms. The van der Waals surface area contributed by atoms with Crippen LogP contribution in [0.15, 0.2) is 61.3 Å². The molecule has 0 aliphatic heterocycles. The molecular weight excluding hydrogens is 416 g/mol. The first kappa shape index (κ1) is 20.6. The first-order valence-electron chi connectivity index (χ1n) is 10.8. The van der Waals surface area contributed by atoms with Crippen molar-refractivity contribution in [2.75, 3.05) is 15.5 Å². The number of benzene rings is 1. The molecule has 3 N–H and O–H groups in total. The molecule has 9 nitrogen and oxygen atoms in total. The van der Waals surface area contributed by atoms with E-state index in [1.165, 1.54) is 0 Å². The van der Waals surface area contributed by atoms with E-state index < -0.39 is 0 Å². The van der Waals surface area contributed by atoms with Gasteiger partial charge in [0, 0.05) is 42.1 Å². The minimum atomic E-state index is -0.222. The lowest BCUT2D eigenvalue weighted by atomic mass is 10.1. The zero-order chi connectivity index (χ0) is 22.8. The van der Waals surface area contributed by atoms with E-state index in [4.69, 9.17) is 0 Å². The third-order valence-corrected chi connectivity index (χ3v) is 5.39. The Morgan fingerprint density at radius 2 is 1.94 bits per heavy atom. The Morgan fingerprint density at radius 3 is 2.67 bits per heavy atom. The van der Waals surface area contributed by atoms with E-state index in [-0.39, 0.29) is 5.91 Å². The molecule has 3 heterocycles. The van der Waals surface area contributed by atoms with Crippen LogP contribution in [0.25, 0.3) is 0 Å². The molecule has 1 amide bonds. The minimum absolute atomic E-state index is 0.222. The molecule has 1 aromatic carbocycles. The molecule has 1 saturated carbocycles. The number of hydrogen-bond acceptors (Lipinski definition) is 7. The zero-order valence-electron chi connectivity index (χ0n) is 18.4. The molecule has 0 bridgehead atoms. The number of carbonyl (C=O) groups is 1. The van der Waals surface area contributed by atoms with Gasteiger partial charge in [-0.25, -0.2) is 15.0 Å². The van der Waals surface area contributed by atoms with Gasteiger partial charge in [-0.15, -0.1) is 0 Å². The van der Waals surface area contributed by atoms with E-state index in [0.717, 1.165) is 35.6 Å². The summed E-state index contributed by atoms with van der Waals surface area (Å²) in [6.07, 6.45) is 8.87. The van der Waals surface area contributed by atoms with Crippen LogP contribution in [0, 0.1) is 13.8 Å². The largest absolute Gasteiger partial charge is 0.367 e. The number of anilines is 5. The topological polar surface area (TPSA) is 112 Å². The highest BCUT2D eigenvalue weighted by atomic mass is 16.1. The van der Waals surface area contributed by atoms with Crippen LogP contribution < -0.4 is 15.5 Å². The summed E-state index contributed by atoms with van der Waals surface area (Å²) in [7, 11) is 0. The van der Waals surface area contributed by atoms with Crippen molar-refractivity contribution in [1.82, 2.24) is 24.9 Å². The third-order valence-electron chi connectivity index (χ3n) is 5.39. The van der Waals surface area contributed by atoms with Crippen molar-refractivity contribution < 1.29 is 4.79 Å². The number of nitrogens with zero attached hydrogens (tertiary/aromatic N) is 5. The van der Waals surface area contributed by atoms with E-state index in [2.05, 4.69) is 35.6 Å². The first-order chi connectivity index (χ1) is 16.1. The summed E-state index contributed by atoms with van der Waals surface area (Å²) in [5.74, 6) is 1.82. The number of carbonyl (C=O) groups excluding carboxylic acids is 1. The molecular formula is C24H24N8O. The number of H-pyrrole nitrogens is 1. The van der Waals surface area contributed by atoms with E-state index in [1.54, 1.807) is 31.0 Å². The first-order valence-corrected chi connectivity index (χ1v) is 10.8. The van der Waals surface area contributed by atoms with E-state index in [9.17, 15) is 4.79 Å². The van der Waals surface area contributed by atoms with E-state index >= 15 is 0 Å². The summed E-state index contributed by atoms with van der Waals surface area (Å²) in [4.78, 5) is 35.3. The Morgan fingerprint density at radius 1 is 1.06 bits per heavy atom. The molecule has 1 aliphatic rings. The van der Waals surface area contributed by atoms with Gasteiger partial charge < -0.3 is 15.6 Å². The highest BCUT2D eigenvalue weighted by molar-refractivity contribution is 6.04. The van der Waals surface area contributed by atoms with Crippen LogP contribution in [-0.2, 0) is 0 Å². The molecule has 0 radical (unpaired) electrons. The second kappa shape index (κ2) is 8.70. The summed E-state index contributed by atoms with van der Waals surface area (Å²) in [5.41, 5.74) is 3.84. The lowest BCUT2D eigenvalue weighted by Gasteiger charge is -2.24. The van der Waals surface area contributed by atoms with Gasteiger partial charge in [-0.3, -0.25) is 14.7 Å². The lowest BCUT2D eigenvalue weighted by Crippen LogP contribution is -2.17. The Hall–Kier alpha value is -4.27. The van der Waals surface area contributed by atoms with Crippen LogP contribution >= 0.6 is 0 Å². The van der Waals surface area contributed by atoms with Gasteiger partial charge in [0.2, 0.25) is 5.95 Å². The van der Waals surface area contributed by atoms with Crippen LogP contribution in [0.2, 0.25) is 0 Å².